The quantitative estimate of drug-likeness (QED) is 0.694. The molecule has 3 rings (SSSR count). The monoisotopic (exact) mass is 339 g/mol. The van der Waals surface area contributed by atoms with Crippen LogP contribution in [0.3, 0.4) is 0 Å². The van der Waals surface area contributed by atoms with Gasteiger partial charge in [-0.3, -0.25) is 4.79 Å². The molecule has 124 valence electrons. The Morgan fingerprint density at radius 1 is 1.25 bits per heavy atom. The highest BCUT2D eigenvalue weighted by Crippen LogP contribution is 2.28. The molecule has 0 saturated carbocycles. The van der Waals surface area contributed by atoms with Gasteiger partial charge in [-0.2, -0.15) is 0 Å². The molecule has 1 amide bonds. The third-order valence-electron chi connectivity index (χ3n) is 4.30. The average Bonchev–Trinajstić information content (AvgIpc) is 3.32. The fourth-order valence-electron chi connectivity index (χ4n) is 2.62. The first-order valence-electron chi connectivity index (χ1n) is 8.11. The van der Waals surface area contributed by atoms with E-state index in [1.807, 2.05) is 17.5 Å². The Kier molecular flexibility index (Phi) is 5.11. The van der Waals surface area contributed by atoms with Crippen molar-refractivity contribution in [3.8, 4) is 0 Å². The van der Waals surface area contributed by atoms with E-state index in [2.05, 4.69) is 53.4 Å². The summed E-state index contributed by atoms with van der Waals surface area (Å²) in [5.41, 5.74) is 2.87. The van der Waals surface area contributed by atoms with Gasteiger partial charge in [-0.05, 0) is 34.9 Å². The predicted octanol–water partition coefficient (Wildman–Crippen LogP) is 4.50. The largest absolute Gasteiger partial charge is 0.341 e. The minimum atomic E-state index is -0.160. The highest BCUT2D eigenvalue weighted by molar-refractivity contribution is 7.10. The van der Waals surface area contributed by atoms with Gasteiger partial charge in [-0.1, -0.05) is 44.2 Å². The summed E-state index contributed by atoms with van der Waals surface area (Å²) < 4.78 is 0. The third kappa shape index (κ3) is 3.57. The molecule has 0 spiro atoms. The Morgan fingerprint density at radius 3 is 2.58 bits per heavy atom. The van der Waals surface area contributed by atoms with Crippen molar-refractivity contribution in [3.05, 3.63) is 76.0 Å². The minimum absolute atomic E-state index is 0.156. The van der Waals surface area contributed by atoms with Crippen molar-refractivity contribution in [2.24, 2.45) is 0 Å². The molecule has 0 aliphatic rings. The first-order valence-corrected chi connectivity index (χ1v) is 8.99. The summed E-state index contributed by atoms with van der Waals surface area (Å²) in [4.78, 5) is 20.3. The zero-order chi connectivity index (χ0) is 16.9. The molecular formula is C19H21N3OS. The van der Waals surface area contributed by atoms with Gasteiger partial charge in [0.05, 0.1) is 18.6 Å². The van der Waals surface area contributed by atoms with Crippen LogP contribution in [0.1, 0.15) is 58.7 Å². The summed E-state index contributed by atoms with van der Waals surface area (Å²) in [6.07, 6.45) is 4.16. The topological polar surface area (TPSA) is 57.8 Å². The van der Waals surface area contributed by atoms with Crippen LogP contribution in [0.4, 0.5) is 0 Å². The van der Waals surface area contributed by atoms with Gasteiger partial charge < -0.3 is 10.3 Å². The molecule has 2 aromatic heterocycles. The molecule has 24 heavy (non-hydrogen) atoms. The van der Waals surface area contributed by atoms with Crippen LogP contribution in [0.5, 0.6) is 0 Å². The van der Waals surface area contributed by atoms with Crippen LogP contribution in [0.2, 0.25) is 0 Å². The highest BCUT2D eigenvalue weighted by Gasteiger charge is 2.19. The van der Waals surface area contributed by atoms with E-state index < -0.39 is 0 Å². The smallest absolute Gasteiger partial charge is 0.270 e. The van der Waals surface area contributed by atoms with E-state index in [0.29, 0.717) is 11.6 Å². The van der Waals surface area contributed by atoms with Crippen LogP contribution >= 0.6 is 11.3 Å². The van der Waals surface area contributed by atoms with Crippen molar-refractivity contribution < 1.29 is 4.79 Å². The van der Waals surface area contributed by atoms with Crippen molar-refractivity contribution in [1.29, 1.82) is 0 Å². The van der Waals surface area contributed by atoms with Gasteiger partial charge in [0, 0.05) is 4.88 Å². The number of aromatic nitrogens is 2. The summed E-state index contributed by atoms with van der Waals surface area (Å²) >= 11 is 1.64. The highest BCUT2D eigenvalue weighted by atomic mass is 32.1. The van der Waals surface area contributed by atoms with Gasteiger partial charge in [-0.25, -0.2) is 4.98 Å². The van der Waals surface area contributed by atoms with Crippen molar-refractivity contribution in [2.45, 2.75) is 32.2 Å². The summed E-state index contributed by atoms with van der Waals surface area (Å²) in [5.74, 6) is 0.385. The van der Waals surface area contributed by atoms with Gasteiger partial charge in [0.15, 0.2) is 0 Å². The van der Waals surface area contributed by atoms with Crippen LogP contribution < -0.4 is 5.32 Å². The van der Waals surface area contributed by atoms with E-state index in [4.69, 9.17) is 0 Å². The SMILES string of the molecule is CCC(C)c1ccc(C(NC(=O)c2cnc[nH]2)c2cccs2)cc1. The molecule has 2 unspecified atom stereocenters. The Labute approximate surface area is 146 Å². The molecule has 2 N–H and O–H groups in total. The van der Waals surface area contributed by atoms with Crippen LogP contribution in [-0.2, 0) is 0 Å². The molecule has 0 bridgehead atoms. The van der Waals surface area contributed by atoms with E-state index in [1.54, 1.807) is 11.3 Å². The van der Waals surface area contributed by atoms with Gasteiger partial charge in [0.1, 0.15) is 5.69 Å². The average molecular weight is 339 g/mol. The van der Waals surface area contributed by atoms with Crippen molar-refractivity contribution in [3.63, 3.8) is 0 Å². The van der Waals surface area contributed by atoms with Gasteiger partial charge >= 0.3 is 0 Å². The first kappa shape index (κ1) is 16.5. The minimum Gasteiger partial charge on any atom is -0.341 e. The molecule has 0 aliphatic heterocycles. The number of hydrogen-bond donors (Lipinski definition) is 2. The molecule has 3 aromatic rings. The van der Waals surface area contributed by atoms with Gasteiger partial charge in [0.2, 0.25) is 0 Å². The third-order valence-corrected chi connectivity index (χ3v) is 5.23. The van der Waals surface area contributed by atoms with Crippen LogP contribution in [0.25, 0.3) is 0 Å². The lowest BCUT2D eigenvalue weighted by Gasteiger charge is -2.19. The Bertz CT molecular complexity index is 764. The number of carbonyl (C=O) groups is 1. The number of aromatic amines is 1. The normalized spacial score (nSPS) is 13.4. The zero-order valence-electron chi connectivity index (χ0n) is 13.8. The van der Waals surface area contributed by atoms with Crippen LogP contribution in [0, 0.1) is 0 Å². The number of benzene rings is 1. The molecule has 0 aliphatic carbocycles. The summed E-state index contributed by atoms with van der Waals surface area (Å²) in [5, 5.41) is 5.13. The lowest BCUT2D eigenvalue weighted by atomic mass is 9.95. The van der Waals surface area contributed by atoms with E-state index in [0.717, 1.165) is 16.9 Å². The Balaban J connectivity index is 1.87. The summed E-state index contributed by atoms with van der Waals surface area (Å²) in [6.45, 7) is 4.42. The maximum atomic E-state index is 12.4. The maximum Gasteiger partial charge on any atom is 0.270 e. The molecule has 0 fully saturated rings. The number of nitrogens with zero attached hydrogens (tertiary/aromatic N) is 1. The zero-order valence-corrected chi connectivity index (χ0v) is 14.6. The molecule has 0 radical (unpaired) electrons. The molecule has 2 atom stereocenters. The molecule has 0 saturated heterocycles. The maximum absolute atomic E-state index is 12.4. The standard InChI is InChI=1S/C19H21N3OS/c1-3-13(2)14-6-8-15(9-7-14)18(17-5-4-10-24-17)22-19(23)16-11-20-12-21-16/h4-13,18H,3H2,1-2H3,(H,20,21)(H,22,23). The second-order valence-corrected chi connectivity index (χ2v) is 6.84. The number of hydrogen-bond acceptors (Lipinski definition) is 3. The summed E-state index contributed by atoms with van der Waals surface area (Å²) in [7, 11) is 0. The molecule has 1 aromatic carbocycles. The van der Waals surface area contributed by atoms with E-state index >= 15 is 0 Å². The van der Waals surface area contributed by atoms with Crippen LogP contribution in [-0.4, -0.2) is 15.9 Å². The lowest BCUT2D eigenvalue weighted by molar-refractivity contribution is 0.0939. The number of nitrogens with one attached hydrogen (secondary N) is 2. The van der Waals surface area contributed by atoms with E-state index in [9.17, 15) is 4.79 Å². The van der Waals surface area contributed by atoms with E-state index in [-0.39, 0.29) is 11.9 Å². The number of H-pyrrole nitrogens is 1. The Hall–Kier alpha value is -2.40. The second kappa shape index (κ2) is 7.45. The first-order chi connectivity index (χ1) is 11.7. The fourth-order valence-corrected chi connectivity index (χ4v) is 3.42. The molecule has 2 heterocycles. The van der Waals surface area contributed by atoms with Gasteiger partial charge in [-0.15, -0.1) is 11.3 Å². The molecule has 5 heteroatoms. The van der Waals surface area contributed by atoms with Crippen LogP contribution in [0.15, 0.2) is 54.3 Å². The van der Waals surface area contributed by atoms with Crippen molar-refractivity contribution >= 4 is 17.2 Å². The number of carbonyl (C=O) groups excluding carboxylic acids is 1. The van der Waals surface area contributed by atoms with Crippen molar-refractivity contribution in [2.75, 3.05) is 0 Å². The Morgan fingerprint density at radius 2 is 2.00 bits per heavy atom. The fraction of sp³-hybridized carbons (Fsp3) is 0.263. The second-order valence-electron chi connectivity index (χ2n) is 5.86. The van der Waals surface area contributed by atoms with E-state index in [1.165, 1.54) is 18.1 Å². The molecular weight excluding hydrogens is 318 g/mol. The number of thiophene rings is 1. The summed E-state index contributed by atoms with van der Waals surface area (Å²) in [6, 6.07) is 12.4. The van der Waals surface area contributed by atoms with Gasteiger partial charge in [0.25, 0.3) is 5.91 Å². The predicted molar refractivity (Wildman–Crippen MR) is 97.4 cm³/mol. The lowest BCUT2D eigenvalue weighted by Crippen LogP contribution is -2.29. The van der Waals surface area contributed by atoms with Crippen molar-refractivity contribution in [1.82, 2.24) is 15.3 Å². The number of amides is 1. The number of rotatable bonds is 6. The number of imidazole rings is 1. The molecule has 4 nitrogen and oxygen atoms in total.